The Bertz CT molecular complexity index is 93.9. The number of hydrogen-bond donors (Lipinski definition) is 1. The van der Waals surface area contributed by atoms with Crippen LogP contribution in [-0.2, 0) is 9.68 Å². The highest BCUT2D eigenvalue weighted by atomic mass is 79.9. The van der Waals surface area contributed by atoms with Gasteiger partial charge in [0.2, 0.25) is 0 Å². The van der Waals surface area contributed by atoms with E-state index in [2.05, 4.69) is 20.8 Å². The molecule has 0 aliphatic rings. The summed E-state index contributed by atoms with van der Waals surface area (Å²) < 4.78 is -0.790. The Hall–Kier alpha value is -0.0900. The van der Waals surface area contributed by atoms with E-state index in [0.29, 0.717) is 0 Å². The molecule has 4 heteroatoms. The Morgan fingerprint density at radius 1 is 1.75 bits per heavy atom. The van der Waals surface area contributed by atoms with Crippen molar-refractivity contribution in [1.29, 1.82) is 0 Å². The summed E-state index contributed by atoms with van der Waals surface area (Å²) in [6.45, 7) is 3.15. The number of carbonyl (C=O) groups is 1. The average Bonchev–Trinajstić information content (AvgIpc) is 1.62. The zero-order chi connectivity index (χ0) is 6.78. The summed E-state index contributed by atoms with van der Waals surface area (Å²) in [5.74, 6) is -0.697. The maximum Gasteiger partial charge on any atom is 0.358 e. The Balaban J connectivity index is 3.82. The number of alkyl halides is 1. The molecule has 3 nitrogen and oxygen atoms in total. The molecule has 0 atom stereocenters. The number of rotatable bonds is 1. The van der Waals surface area contributed by atoms with Crippen molar-refractivity contribution >= 4 is 21.9 Å². The lowest BCUT2D eigenvalue weighted by Crippen LogP contribution is -2.25. The van der Waals surface area contributed by atoms with Crippen molar-refractivity contribution < 1.29 is 14.9 Å². The standard InChI is InChI=1S/C4H7BrO3/c1-4(2,5)3(6)8-7/h7H,1-2H3. The zero-order valence-corrected chi connectivity index (χ0v) is 6.23. The fraction of sp³-hybridized carbons (Fsp3) is 0.750. The number of halogens is 1. The van der Waals surface area contributed by atoms with Gasteiger partial charge in [-0.2, -0.15) is 5.26 Å². The first-order valence-electron chi connectivity index (χ1n) is 2.03. The van der Waals surface area contributed by atoms with Gasteiger partial charge in [-0.25, -0.2) is 4.79 Å². The Morgan fingerprint density at radius 3 is 2.12 bits per heavy atom. The minimum Gasteiger partial charge on any atom is -0.299 e. The van der Waals surface area contributed by atoms with E-state index in [9.17, 15) is 4.79 Å². The normalized spacial score (nSPS) is 11.0. The second-order valence-electron chi connectivity index (χ2n) is 1.85. The van der Waals surface area contributed by atoms with Crippen molar-refractivity contribution in [3.63, 3.8) is 0 Å². The summed E-state index contributed by atoms with van der Waals surface area (Å²) in [7, 11) is 0. The van der Waals surface area contributed by atoms with Crippen molar-refractivity contribution in [3.05, 3.63) is 0 Å². The molecule has 0 saturated carbocycles. The van der Waals surface area contributed by atoms with Crippen molar-refractivity contribution in [3.8, 4) is 0 Å². The van der Waals surface area contributed by atoms with Gasteiger partial charge in [0.25, 0.3) is 0 Å². The van der Waals surface area contributed by atoms with Crippen molar-refractivity contribution in [2.24, 2.45) is 0 Å². The van der Waals surface area contributed by atoms with Gasteiger partial charge in [-0.15, -0.1) is 0 Å². The first kappa shape index (κ1) is 7.91. The monoisotopic (exact) mass is 182 g/mol. The van der Waals surface area contributed by atoms with Gasteiger partial charge in [0.1, 0.15) is 4.32 Å². The highest BCUT2D eigenvalue weighted by molar-refractivity contribution is 9.10. The molecule has 0 unspecified atom stereocenters. The van der Waals surface area contributed by atoms with E-state index in [-0.39, 0.29) is 0 Å². The van der Waals surface area contributed by atoms with Crippen LogP contribution < -0.4 is 0 Å². The number of carbonyl (C=O) groups excluding carboxylic acids is 1. The first-order valence-corrected chi connectivity index (χ1v) is 2.82. The Kier molecular flexibility index (Phi) is 2.43. The molecule has 0 aromatic heterocycles. The fourth-order valence-corrected chi connectivity index (χ4v) is 0.181. The van der Waals surface area contributed by atoms with Crippen LogP contribution in [0.25, 0.3) is 0 Å². The van der Waals surface area contributed by atoms with Crippen LogP contribution in [0.3, 0.4) is 0 Å². The molecule has 0 aromatic rings. The summed E-state index contributed by atoms with van der Waals surface area (Å²) in [5.41, 5.74) is 0. The molecule has 0 bridgehead atoms. The molecule has 0 aliphatic carbocycles. The summed E-state index contributed by atoms with van der Waals surface area (Å²) in [4.78, 5) is 13.7. The zero-order valence-electron chi connectivity index (χ0n) is 4.64. The molecule has 0 spiro atoms. The van der Waals surface area contributed by atoms with Gasteiger partial charge in [-0.1, -0.05) is 15.9 Å². The third kappa shape index (κ3) is 2.28. The van der Waals surface area contributed by atoms with E-state index in [1.165, 1.54) is 0 Å². The van der Waals surface area contributed by atoms with Crippen LogP contribution in [0.1, 0.15) is 13.8 Å². The molecule has 0 aliphatic heterocycles. The van der Waals surface area contributed by atoms with Gasteiger partial charge in [0.15, 0.2) is 0 Å². The lowest BCUT2D eigenvalue weighted by Gasteiger charge is -2.08. The quantitative estimate of drug-likeness (QED) is 0.377. The molecular formula is C4H7BrO3. The molecule has 8 heavy (non-hydrogen) atoms. The molecule has 1 N–H and O–H groups in total. The SMILES string of the molecule is CC(C)(Br)C(=O)OO. The molecule has 0 rings (SSSR count). The van der Waals surface area contributed by atoms with E-state index in [1.54, 1.807) is 13.8 Å². The molecule has 0 aromatic carbocycles. The van der Waals surface area contributed by atoms with E-state index in [1.807, 2.05) is 0 Å². The van der Waals surface area contributed by atoms with E-state index in [0.717, 1.165) is 0 Å². The van der Waals surface area contributed by atoms with Crippen molar-refractivity contribution in [1.82, 2.24) is 0 Å². The third-order valence-electron chi connectivity index (χ3n) is 0.568. The lowest BCUT2D eigenvalue weighted by atomic mass is 10.2. The largest absolute Gasteiger partial charge is 0.358 e. The molecule has 0 fully saturated rings. The highest BCUT2D eigenvalue weighted by Gasteiger charge is 2.25. The van der Waals surface area contributed by atoms with Crippen LogP contribution in [0.2, 0.25) is 0 Å². The molecular weight excluding hydrogens is 176 g/mol. The van der Waals surface area contributed by atoms with Crippen molar-refractivity contribution in [2.75, 3.05) is 0 Å². The Labute approximate surface area is 55.7 Å². The topological polar surface area (TPSA) is 46.5 Å². The van der Waals surface area contributed by atoms with E-state index in [4.69, 9.17) is 5.26 Å². The summed E-state index contributed by atoms with van der Waals surface area (Å²) in [5, 5.41) is 7.79. The van der Waals surface area contributed by atoms with Crippen LogP contribution in [0.5, 0.6) is 0 Å². The second-order valence-corrected chi connectivity index (χ2v) is 3.83. The highest BCUT2D eigenvalue weighted by Crippen LogP contribution is 2.16. The number of hydrogen-bond acceptors (Lipinski definition) is 3. The first-order chi connectivity index (χ1) is 3.48. The van der Waals surface area contributed by atoms with Crippen LogP contribution in [-0.4, -0.2) is 15.6 Å². The van der Waals surface area contributed by atoms with Gasteiger partial charge >= 0.3 is 5.97 Å². The molecule has 0 heterocycles. The van der Waals surface area contributed by atoms with Crippen LogP contribution in [0.15, 0.2) is 0 Å². The van der Waals surface area contributed by atoms with Gasteiger partial charge < -0.3 is 0 Å². The van der Waals surface area contributed by atoms with Crippen LogP contribution in [0, 0.1) is 0 Å². The second kappa shape index (κ2) is 2.46. The molecule has 0 saturated heterocycles. The fourth-order valence-electron chi connectivity index (χ4n) is 0.109. The smallest absolute Gasteiger partial charge is 0.299 e. The third-order valence-corrected chi connectivity index (χ3v) is 0.892. The van der Waals surface area contributed by atoms with E-state index < -0.39 is 10.3 Å². The van der Waals surface area contributed by atoms with Gasteiger partial charge in [-0.3, -0.25) is 4.89 Å². The summed E-state index contributed by atoms with van der Waals surface area (Å²) in [6, 6.07) is 0. The average molecular weight is 183 g/mol. The Morgan fingerprint density at radius 2 is 2.12 bits per heavy atom. The summed E-state index contributed by atoms with van der Waals surface area (Å²) in [6.07, 6.45) is 0. The predicted octanol–water partition coefficient (Wildman–Crippen LogP) is 1.18. The van der Waals surface area contributed by atoms with Gasteiger partial charge in [0.05, 0.1) is 0 Å². The van der Waals surface area contributed by atoms with E-state index >= 15 is 0 Å². The summed E-state index contributed by atoms with van der Waals surface area (Å²) >= 11 is 2.97. The predicted molar refractivity (Wildman–Crippen MR) is 31.7 cm³/mol. The molecule has 0 amide bonds. The molecule has 0 radical (unpaired) electrons. The van der Waals surface area contributed by atoms with Gasteiger partial charge in [-0.05, 0) is 13.8 Å². The van der Waals surface area contributed by atoms with Crippen LogP contribution >= 0.6 is 15.9 Å². The minimum atomic E-state index is -0.790. The van der Waals surface area contributed by atoms with Crippen molar-refractivity contribution in [2.45, 2.75) is 18.2 Å². The minimum absolute atomic E-state index is 0.697. The maximum atomic E-state index is 10.3. The molecule has 48 valence electrons. The van der Waals surface area contributed by atoms with Gasteiger partial charge in [0, 0.05) is 0 Å². The maximum absolute atomic E-state index is 10.3. The lowest BCUT2D eigenvalue weighted by molar-refractivity contribution is -0.235. The van der Waals surface area contributed by atoms with Crippen LogP contribution in [0.4, 0.5) is 0 Å².